The van der Waals surface area contributed by atoms with Crippen molar-refractivity contribution in [1.82, 2.24) is 16.1 Å². The van der Waals surface area contributed by atoms with Crippen LogP contribution in [0.25, 0.3) is 11.1 Å². The van der Waals surface area contributed by atoms with Crippen molar-refractivity contribution in [1.29, 1.82) is 0 Å². The van der Waals surface area contributed by atoms with Crippen LogP contribution in [0.3, 0.4) is 0 Å². The fourth-order valence-electron chi connectivity index (χ4n) is 3.68. The summed E-state index contributed by atoms with van der Waals surface area (Å²) in [6, 6.07) is 13.7. The first-order chi connectivity index (χ1) is 15.5. The number of carbonyl (C=O) groups excluding carboxylic acids is 3. The number of amides is 3. The van der Waals surface area contributed by atoms with Crippen LogP contribution in [0.4, 0.5) is 5.69 Å². The summed E-state index contributed by atoms with van der Waals surface area (Å²) in [5, 5.41) is 17.3. The van der Waals surface area contributed by atoms with Crippen LogP contribution in [0.5, 0.6) is 0 Å². The monoisotopic (exact) mass is 439 g/mol. The number of hydrogen-bond donors (Lipinski definition) is 6. The molecule has 0 saturated heterocycles. The van der Waals surface area contributed by atoms with Gasteiger partial charge in [-0.3, -0.25) is 19.6 Å². The van der Waals surface area contributed by atoms with Gasteiger partial charge in [0, 0.05) is 23.8 Å². The minimum atomic E-state index is -1.02. The van der Waals surface area contributed by atoms with E-state index in [-0.39, 0.29) is 12.5 Å². The number of hydroxylamine groups is 1. The average Bonchev–Trinajstić information content (AvgIpc) is 3.35. The molecular formula is C23H29N5O4. The van der Waals surface area contributed by atoms with Gasteiger partial charge in [-0.1, -0.05) is 37.1 Å². The maximum Gasteiger partial charge on any atom is 0.267 e. The van der Waals surface area contributed by atoms with Crippen molar-refractivity contribution in [3.8, 4) is 11.1 Å². The SMILES string of the molecule is NC[C@H](NC(=O)c1ccc(-c2ccc(NC(=O)CNC3CCCC3)cc2)cc1)C(=O)NO. The first-order valence-corrected chi connectivity index (χ1v) is 10.7. The Balaban J connectivity index is 1.54. The van der Waals surface area contributed by atoms with Gasteiger partial charge in [-0.25, -0.2) is 5.48 Å². The number of nitrogens with one attached hydrogen (secondary N) is 4. The molecule has 1 aliphatic rings. The minimum absolute atomic E-state index is 0.0642. The molecule has 1 fully saturated rings. The van der Waals surface area contributed by atoms with Crippen LogP contribution in [-0.2, 0) is 9.59 Å². The summed E-state index contributed by atoms with van der Waals surface area (Å²) in [6.07, 6.45) is 4.71. The summed E-state index contributed by atoms with van der Waals surface area (Å²) in [5.41, 5.74) is 9.82. The van der Waals surface area contributed by atoms with Crippen molar-refractivity contribution in [2.75, 3.05) is 18.4 Å². The average molecular weight is 440 g/mol. The summed E-state index contributed by atoms with van der Waals surface area (Å²) in [7, 11) is 0. The number of anilines is 1. The fourth-order valence-corrected chi connectivity index (χ4v) is 3.68. The Morgan fingerprint density at radius 2 is 1.56 bits per heavy atom. The zero-order valence-corrected chi connectivity index (χ0v) is 17.8. The van der Waals surface area contributed by atoms with E-state index in [0.717, 1.165) is 29.7 Å². The van der Waals surface area contributed by atoms with Gasteiger partial charge in [0.1, 0.15) is 6.04 Å². The van der Waals surface area contributed by atoms with E-state index in [2.05, 4.69) is 16.0 Å². The second kappa shape index (κ2) is 11.4. The van der Waals surface area contributed by atoms with E-state index in [1.165, 1.54) is 18.3 Å². The molecule has 1 atom stereocenters. The summed E-state index contributed by atoms with van der Waals surface area (Å²) >= 11 is 0. The van der Waals surface area contributed by atoms with E-state index in [1.54, 1.807) is 24.3 Å². The standard InChI is InChI=1S/C23H29N5O4/c24-13-20(23(31)28-32)27-22(30)17-7-5-15(6-8-17)16-9-11-19(12-10-16)26-21(29)14-25-18-3-1-2-4-18/h5-12,18,20,25,32H,1-4,13-14,24H2,(H,26,29)(H,27,30)(H,28,31)/t20-/m0/s1. The third-order valence-electron chi connectivity index (χ3n) is 5.52. The maximum atomic E-state index is 12.3. The zero-order valence-electron chi connectivity index (χ0n) is 17.8. The summed E-state index contributed by atoms with van der Waals surface area (Å²) in [5.74, 6) is -1.32. The van der Waals surface area contributed by atoms with Gasteiger partial charge in [0.25, 0.3) is 11.8 Å². The smallest absolute Gasteiger partial charge is 0.267 e. The van der Waals surface area contributed by atoms with Gasteiger partial charge in [0.2, 0.25) is 5.91 Å². The molecule has 3 rings (SSSR count). The number of rotatable bonds is 9. The van der Waals surface area contributed by atoms with Crippen LogP contribution in [0.2, 0.25) is 0 Å². The largest absolute Gasteiger partial charge is 0.339 e. The number of hydrogen-bond acceptors (Lipinski definition) is 6. The molecule has 3 amide bonds. The molecule has 7 N–H and O–H groups in total. The van der Waals surface area contributed by atoms with Crippen LogP contribution in [0, 0.1) is 0 Å². The zero-order chi connectivity index (χ0) is 22.9. The molecule has 32 heavy (non-hydrogen) atoms. The third kappa shape index (κ3) is 6.36. The molecular weight excluding hydrogens is 410 g/mol. The van der Waals surface area contributed by atoms with Crippen molar-refractivity contribution < 1.29 is 19.6 Å². The maximum absolute atomic E-state index is 12.3. The van der Waals surface area contributed by atoms with Crippen LogP contribution < -0.4 is 27.2 Å². The van der Waals surface area contributed by atoms with Crippen molar-refractivity contribution in [2.24, 2.45) is 5.73 Å². The highest BCUT2D eigenvalue weighted by Crippen LogP contribution is 2.22. The van der Waals surface area contributed by atoms with Crippen molar-refractivity contribution in [2.45, 2.75) is 37.8 Å². The van der Waals surface area contributed by atoms with Crippen molar-refractivity contribution in [3.05, 3.63) is 54.1 Å². The minimum Gasteiger partial charge on any atom is -0.339 e. The Hall–Kier alpha value is -3.27. The van der Waals surface area contributed by atoms with Gasteiger partial charge >= 0.3 is 0 Å². The van der Waals surface area contributed by atoms with E-state index in [1.807, 2.05) is 24.3 Å². The van der Waals surface area contributed by atoms with Crippen LogP contribution in [0.1, 0.15) is 36.0 Å². The van der Waals surface area contributed by atoms with Gasteiger partial charge in [-0.15, -0.1) is 0 Å². The van der Waals surface area contributed by atoms with Crippen molar-refractivity contribution >= 4 is 23.4 Å². The highest BCUT2D eigenvalue weighted by molar-refractivity contribution is 5.98. The molecule has 0 spiro atoms. The van der Waals surface area contributed by atoms with Gasteiger partial charge in [0.15, 0.2) is 0 Å². The molecule has 0 bridgehead atoms. The van der Waals surface area contributed by atoms with Gasteiger partial charge in [0.05, 0.1) is 6.54 Å². The molecule has 0 heterocycles. The Morgan fingerprint density at radius 3 is 2.12 bits per heavy atom. The summed E-state index contributed by atoms with van der Waals surface area (Å²) in [6.45, 7) is 0.163. The lowest BCUT2D eigenvalue weighted by Crippen LogP contribution is -2.50. The molecule has 1 aliphatic carbocycles. The Bertz CT molecular complexity index is 924. The lowest BCUT2D eigenvalue weighted by Gasteiger charge is -2.14. The van der Waals surface area contributed by atoms with Crippen LogP contribution in [0.15, 0.2) is 48.5 Å². The second-order valence-corrected chi connectivity index (χ2v) is 7.80. The Kier molecular flexibility index (Phi) is 8.32. The second-order valence-electron chi connectivity index (χ2n) is 7.80. The quantitative estimate of drug-likeness (QED) is 0.257. The molecule has 0 radical (unpaired) electrons. The lowest BCUT2D eigenvalue weighted by atomic mass is 10.0. The predicted molar refractivity (Wildman–Crippen MR) is 121 cm³/mol. The molecule has 1 saturated carbocycles. The van der Waals surface area contributed by atoms with E-state index in [4.69, 9.17) is 10.9 Å². The molecule has 0 unspecified atom stereocenters. The summed E-state index contributed by atoms with van der Waals surface area (Å²) in [4.78, 5) is 35.9. The van der Waals surface area contributed by atoms with E-state index < -0.39 is 17.9 Å². The lowest BCUT2D eigenvalue weighted by molar-refractivity contribution is -0.130. The number of carbonyl (C=O) groups is 3. The fraction of sp³-hybridized carbons (Fsp3) is 0.348. The molecule has 9 nitrogen and oxygen atoms in total. The molecule has 9 heteroatoms. The topological polar surface area (TPSA) is 146 Å². The van der Waals surface area contributed by atoms with Crippen molar-refractivity contribution in [3.63, 3.8) is 0 Å². The van der Waals surface area contributed by atoms with E-state index in [0.29, 0.717) is 18.2 Å². The van der Waals surface area contributed by atoms with E-state index in [9.17, 15) is 14.4 Å². The third-order valence-corrected chi connectivity index (χ3v) is 5.52. The molecule has 2 aromatic carbocycles. The van der Waals surface area contributed by atoms with Gasteiger partial charge in [-0.05, 0) is 48.2 Å². The molecule has 0 aliphatic heterocycles. The summed E-state index contributed by atoms with van der Waals surface area (Å²) < 4.78 is 0. The normalized spacial score (nSPS) is 14.6. The van der Waals surface area contributed by atoms with Gasteiger partial charge < -0.3 is 21.7 Å². The number of nitrogens with two attached hydrogens (primary N) is 1. The molecule has 2 aromatic rings. The van der Waals surface area contributed by atoms with E-state index >= 15 is 0 Å². The molecule has 0 aromatic heterocycles. The first-order valence-electron chi connectivity index (χ1n) is 10.7. The van der Waals surface area contributed by atoms with Gasteiger partial charge in [-0.2, -0.15) is 0 Å². The first kappa shape index (κ1) is 23.4. The number of benzene rings is 2. The highest BCUT2D eigenvalue weighted by Gasteiger charge is 2.19. The Morgan fingerprint density at radius 1 is 0.969 bits per heavy atom. The Labute approximate surface area is 186 Å². The highest BCUT2D eigenvalue weighted by atomic mass is 16.5. The van der Waals surface area contributed by atoms with Crippen LogP contribution >= 0.6 is 0 Å². The molecule has 170 valence electrons. The van der Waals surface area contributed by atoms with Crippen LogP contribution in [-0.4, -0.2) is 48.1 Å². The predicted octanol–water partition coefficient (Wildman–Crippen LogP) is 1.39.